The van der Waals surface area contributed by atoms with Crippen LogP contribution in [-0.4, -0.2) is 9.78 Å². The van der Waals surface area contributed by atoms with E-state index in [1.807, 2.05) is 59.5 Å². The second-order valence-electron chi connectivity index (χ2n) is 4.83. The smallest absolute Gasteiger partial charge is 0.0866 e. The lowest BCUT2D eigenvalue weighted by Crippen LogP contribution is -1.94. The molecule has 0 amide bonds. The van der Waals surface area contributed by atoms with E-state index in [1.165, 1.54) is 5.56 Å². The van der Waals surface area contributed by atoms with Gasteiger partial charge in [0.2, 0.25) is 0 Å². The molecule has 0 fully saturated rings. The maximum Gasteiger partial charge on any atom is 0.0866 e. The summed E-state index contributed by atoms with van der Waals surface area (Å²) in [4.78, 5) is 0. The molecule has 0 aliphatic heterocycles. The summed E-state index contributed by atoms with van der Waals surface area (Å²) in [5, 5.41) is 4.21. The van der Waals surface area contributed by atoms with Gasteiger partial charge < -0.3 is 0 Å². The van der Waals surface area contributed by atoms with Gasteiger partial charge in [-0.25, -0.2) is 4.68 Å². The van der Waals surface area contributed by atoms with Crippen molar-refractivity contribution in [3.63, 3.8) is 0 Å². The van der Waals surface area contributed by atoms with Gasteiger partial charge in [-0.15, -0.1) is 11.6 Å². The van der Waals surface area contributed by atoms with Gasteiger partial charge in [0.1, 0.15) is 0 Å². The third-order valence-corrected chi connectivity index (χ3v) is 3.75. The average Bonchev–Trinajstić information content (AvgIpc) is 2.97. The van der Waals surface area contributed by atoms with Crippen LogP contribution in [0.2, 0.25) is 0 Å². The Balaban J connectivity index is 1.90. The number of hydrogen-bond acceptors (Lipinski definition) is 1. The van der Waals surface area contributed by atoms with E-state index in [4.69, 9.17) is 11.6 Å². The SMILES string of the molecule is Cc1cccc(C(Cl)c2cnn(-c3ccccc3)c2)c1. The summed E-state index contributed by atoms with van der Waals surface area (Å²) in [7, 11) is 0. The Kier molecular flexibility index (Phi) is 3.57. The van der Waals surface area contributed by atoms with Gasteiger partial charge in [0.05, 0.1) is 17.3 Å². The standard InChI is InChI=1S/C17H15ClN2/c1-13-6-5-7-14(10-13)17(18)15-11-19-20(12-15)16-8-3-2-4-9-16/h2-12,17H,1H3. The molecule has 1 heterocycles. The molecule has 0 aliphatic carbocycles. The normalized spacial score (nSPS) is 12.3. The molecule has 1 atom stereocenters. The summed E-state index contributed by atoms with van der Waals surface area (Å²) in [6, 6.07) is 18.3. The predicted molar refractivity (Wildman–Crippen MR) is 82.4 cm³/mol. The molecule has 1 unspecified atom stereocenters. The van der Waals surface area contributed by atoms with Gasteiger partial charge in [0.15, 0.2) is 0 Å². The Labute approximate surface area is 123 Å². The van der Waals surface area contributed by atoms with E-state index in [0.717, 1.165) is 16.8 Å². The van der Waals surface area contributed by atoms with E-state index in [1.54, 1.807) is 0 Å². The number of halogens is 1. The Hall–Kier alpha value is -2.06. The van der Waals surface area contributed by atoms with Crippen molar-refractivity contribution >= 4 is 11.6 Å². The Morgan fingerprint density at radius 1 is 1.00 bits per heavy atom. The van der Waals surface area contributed by atoms with Crippen molar-refractivity contribution in [3.05, 3.63) is 83.7 Å². The molecular formula is C17H15ClN2. The van der Waals surface area contributed by atoms with Crippen molar-refractivity contribution in [2.45, 2.75) is 12.3 Å². The van der Waals surface area contributed by atoms with Crippen LogP contribution in [-0.2, 0) is 0 Å². The van der Waals surface area contributed by atoms with Gasteiger partial charge in [-0.1, -0.05) is 48.0 Å². The van der Waals surface area contributed by atoms with Crippen LogP contribution >= 0.6 is 11.6 Å². The van der Waals surface area contributed by atoms with Crippen LogP contribution in [0.25, 0.3) is 5.69 Å². The topological polar surface area (TPSA) is 17.8 Å². The predicted octanol–water partition coefficient (Wildman–Crippen LogP) is 4.51. The average molecular weight is 283 g/mol. The van der Waals surface area contributed by atoms with Crippen LogP contribution in [0.15, 0.2) is 67.0 Å². The summed E-state index contributed by atoms with van der Waals surface area (Å²) in [5.74, 6) is 0. The van der Waals surface area contributed by atoms with Crippen LogP contribution in [0.1, 0.15) is 22.1 Å². The molecule has 0 N–H and O–H groups in total. The third-order valence-electron chi connectivity index (χ3n) is 3.25. The van der Waals surface area contributed by atoms with Crippen LogP contribution in [0.4, 0.5) is 0 Å². The zero-order valence-corrected chi connectivity index (χ0v) is 12.0. The third kappa shape index (κ3) is 2.61. The summed E-state index contributed by atoms with van der Waals surface area (Å²) in [6.07, 6.45) is 3.81. The molecule has 3 aromatic rings. The number of alkyl halides is 1. The second-order valence-corrected chi connectivity index (χ2v) is 5.27. The minimum absolute atomic E-state index is 0.174. The van der Waals surface area contributed by atoms with Crippen molar-refractivity contribution in [3.8, 4) is 5.69 Å². The monoisotopic (exact) mass is 282 g/mol. The molecular weight excluding hydrogens is 268 g/mol. The highest BCUT2D eigenvalue weighted by atomic mass is 35.5. The van der Waals surface area contributed by atoms with Crippen LogP contribution in [0, 0.1) is 6.92 Å². The van der Waals surface area contributed by atoms with E-state index >= 15 is 0 Å². The first kappa shape index (κ1) is 12.9. The molecule has 3 rings (SSSR count). The lowest BCUT2D eigenvalue weighted by molar-refractivity contribution is 0.880. The van der Waals surface area contributed by atoms with Crippen LogP contribution in [0.3, 0.4) is 0 Å². The highest BCUT2D eigenvalue weighted by Crippen LogP contribution is 2.29. The Bertz CT molecular complexity index is 704. The maximum atomic E-state index is 6.55. The summed E-state index contributed by atoms with van der Waals surface area (Å²) < 4.78 is 1.85. The lowest BCUT2D eigenvalue weighted by Gasteiger charge is -2.08. The fourth-order valence-corrected chi connectivity index (χ4v) is 2.46. The number of aryl methyl sites for hydroxylation is 1. The molecule has 100 valence electrons. The molecule has 3 heteroatoms. The first-order valence-corrected chi connectivity index (χ1v) is 6.98. The minimum atomic E-state index is -0.174. The zero-order valence-electron chi connectivity index (χ0n) is 11.2. The molecule has 1 aromatic heterocycles. The second kappa shape index (κ2) is 5.51. The summed E-state index contributed by atoms with van der Waals surface area (Å²) in [6.45, 7) is 2.07. The highest BCUT2D eigenvalue weighted by molar-refractivity contribution is 6.22. The minimum Gasteiger partial charge on any atom is -0.241 e. The lowest BCUT2D eigenvalue weighted by atomic mass is 10.1. The first-order valence-electron chi connectivity index (χ1n) is 6.54. The fraction of sp³-hybridized carbons (Fsp3) is 0.118. The molecule has 0 spiro atoms. The Morgan fingerprint density at radius 2 is 1.80 bits per heavy atom. The molecule has 0 saturated carbocycles. The van der Waals surface area contributed by atoms with Gasteiger partial charge in [0.25, 0.3) is 0 Å². The molecule has 0 radical (unpaired) electrons. The molecule has 20 heavy (non-hydrogen) atoms. The quantitative estimate of drug-likeness (QED) is 0.646. The van der Waals surface area contributed by atoms with Crippen molar-refractivity contribution in [1.29, 1.82) is 0 Å². The van der Waals surface area contributed by atoms with Gasteiger partial charge in [-0.2, -0.15) is 5.10 Å². The molecule has 2 nitrogen and oxygen atoms in total. The van der Waals surface area contributed by atoms with E-state index < -0.39 is 0 Å². The number of nitrogens with zero attached hydrogens (tertiary/aromatic N) is 2. The number of aromatic nitrogens is 2. The Morgan fingerprint density at radius 3 is 2.55 bits per heavy atom. The van der Waals surface area contributed by atoms with Gasteiger partial charge >= 0.3 is 0 Å². The summed E-state index contributed by atoms with van der Waals surface area (Å²) >= 11 is 6.55. The van der Waals surface area contributed by atoms with Crippen molar-refractivity contribution in [1.82, 2.24) is 9.78 Å². The number of benzene rings is 2. The molecule has 2 aromatic carbocycles. The molecule has 0 saturated heterocycles. The highest BCUT2D eigenvalue weighted by Gasteiger charge is 2.13. The van der Waals surface area contributed by atoms with Gasteiger partial charge in [0, 0.05) is 11.8 Å². The maximum absolute atomic E-state index is 6.55. The van der Waals surface area contributed by atoms with E-state index in [-0.39, 0.29) is 5.38 Å². The van der Waals surface area contributed by atoms with Crippen LogP contribution < -0.4 is 0 Å². The zero-order chi connectivity index (χ0) is 13.9. The largest absolute Gasteiger partial charge is 0.241 e. The van der Waals surface area contributed by atoms with Crippen LogP contribution in [0.5, 0.6) is 0 Å². The van der Waals surface area contributed by atoms with Gasteiger partial charge in [-0.3, -0.25) is 0 Å². The van der Waals surface area contributed by atoms with E-state index in [0.29, 0.717) is 0 Å². The number of para-hydroxylation sites is 1. The van der Waals surface area contributed by atoms with E-state index in [9.17, 15) is 0 Å². The van der Waals surface area contributed by atoms with Crippen molar-refractivity contribution in [2.24, 2.45) is 0 Å². The first-order chi connectivity index (χ1) is 9.74. The number of rotatable bonds is 3. The van der Waals surface area contributed by atoms with E-state index in [2.05, 4.69) is 24.2 Å². The fourth-order valence-electron chi connectivity index (χ4n) is 2.21. The molecule has 0 aliphatic rings. The summed E-state index contributed by atoms with van der Waals surface area (Å²) in [5.41, 5.74) is 4.34. The van der Waals surface area contributed by atoms with Gasteiger partial charge in [-0.05, 0) is 24.6 Å². The van der Waals surface area contributed by atoms with Crippen molar-refractivity contribution < 1.29 is 0 Å². The number of hydrogen-bond donors (Lipinski definition) is 0. The van der Waals surface area contributed by atoms with Crippen molar-refractivity contribution in [2.75, 3.05) is 0 Å². The molecule has 0 bridgehead atoms.